The van der Waals surface area contributed by atoms with Crippen molar-refractivity contribution in [2.45, 2.75) is 296 Å². The van der Waals surface area contributed by atoms with Gasteiger partial charge in [0.25, 0.3) is 0 Å². The van der Waals surface area contributed by atoms with Gasteiger partial charge in [-0.3, -0.25) is 0 Å². The summed E-state index contributed by atoms with van der Waals surface area (Å²) >= 11 is 0. The van der Waals surface area contributed by atoms with E-state index in [1.165, 1.54) is 134 Å². The van der Waals surface area contributed by atoms with Crippen LogP contribution in [0.25, 0.3) is 11.1 Å². The minimum atomic E-state index is 0.111. The fourth-order valence-corrected chi connectivity index (χ4v) is 9.55. The quantitative estimate of drug-likeness (QED) is 0.148. The van der Waals surface area contributed by atoms with E-state index in [1.54, 1.807) is 0 Å². The smallest absolute Gasteiger partial charge is 0.00531 e. The Labute approximate surface area is 559 Å². The van der Waals surface area contributed by atoms with E-state index in [-0.39, 0.29) is 27.1 Å². The maximum atomic E-state index is 4.06. The van der Waals surface area contributed by atoms with Gasteiger partial charge in [0.2, 0.25) is 0 Å². The predicted octanol–water partition coefficient (Wildman–Crippen LogP) is 29.3. The Hall–Kier alpha value is -5.20. The molecular weight excluding hydrogens is 1070 g/mol. The topological polar surface area (TPSA) is 0 Å². The normalized spacial score (nSPS) is 11.3. The second-order valence-electron chi connectivity index (χ2n) is 32.4. The molecule has 0 aliphatic carbocycles. The van der Waals surface area contributed by atoms with E-state index in [0.717, 1.165) is 27.9 Å². The van der Waals surface area contributed by atoms with E-state index in [0.29, 0.717) is 10.8 Å². The third-order valence-electron chi connectivity index (χ3n) is 21.1. The van der Waals surface area contributed by atoms with Crippen LogP contribution in [0, 0.1) is 136 Å². The molecule has 0 N–H and O–H groups in total. The van der Waals surface area contributed by atoms with Crippen LogP contribution in [0.2, 0.25) is 0 Å². The van der Waals surface area contributed by atoms with Crippen LogP contribution in [0.1, 0.15) is 287 Å². The van der Waals surface area contributed by atoms with Gasteiger partial charge in [0.05, 0.1) is 0 Å². The molecule has 3 rings (SSSR count). The van der Waals surface area contributed by atoms with Crippen LogP contribution >= 0.6 is 0 Å². The Balaban J connectivity index is -0.000000305. The Bertz CT molecular complexity index is 2830. The second-order valence-corrected chi connectivity index (χ2v) is 32.4. The van der Waals surface area contributed by atoms with Crippen LogP contribution in [0.5, 0.6) is 0 Å². The fourth-order valence-electron chi connectivity index (χ4n) is 9.55. The summed E-state index contributed by atoms with van der Waals surface area (Å²) < 4.78 is 0. The highest BCUT2D eigenvalue weighted by Gasteiger charge is 2.34. The molecule has 0 bridgehead atoms. The number of allylic oxidation sites excluding steroid dienone is 11. The first-order valence-corrected chi connectivity index (χ1v) is 32.6. The van der Waals surface area contributed by atoms with Crippen molar-refractivity contribution in [2.24, 2.45) is 32.5 Å². The van der Waals surface area contributed by atoms with Crippen molar-refractivity contribution < 1.29 is 0 Å². The molecule has 0 spiro atoms. The Morgan fingerprint density at radius 3 is 0.517 bits per heavy atom. The zero-order chi connectivity index (χ0) is 73.2. The maximum absolute atomic E-state index is 4.06. The summed E-state index contributed by atoms with van der Waals surface area (Å²) in [5.41, 5.74) is 39.7. The Morgan fingerprint density at radius 1 is 0.247 bits per heavy atom. The molecule has 0 heterocycles. The lowest BCUT2D eigenvalue weighted by Gasteiger charge is -2.39. The SMILES string of the molecule is C=C(C)C(=C)C(=C)C.C=C(C)C(=C)C(C)(C)C.C=C(C)C(C)(C)C(=C)C.C=C(C)C(C)(C)C(C)(C)C.C=C(C)C(C)(C)C(C)(C)C.C=C(C)c1c(C)c(C)c(C)c(C)c1C.C=C(C)c1c(C)c(C)c(C)c(C)c1C.Cc1c(C)c(C)c(C(C)(C)C)c(C)c1C. The van der Waals surface area contributed by atoms with Crippen LogP contribution in [-0.2, 0) is 5.41 Å². The van der Waals surface area contributed by atoms with Crippen LogP contribution in [0.15, 0.2) is 123 Å². The third kappa shape index (κ3) is 27.3. The van der Waals surface area contributed by atoms with Gasteiger partial charge in [-0.05, 0) is 310 Å². The number of hydrogen-bond acceptors (Lipinski definition) is 0. The van der Waals surface area contributed by atoms with E-state index < -0.39 is 0 Å². The van der Waals surface area contributed by atoms with E-state index in [4.69, 9.17) is 0 Å². The molecule has 0 saturated carbocycles. The number of hydrogen-bond donors (Lipinski definition) is 0. The summed E-state index contributed by atoms with van der Waals surface area (Å²) in [4.78, 5) is 0. The van der Waals surface area contributed by atoms with Crippen LogP contribution < -0.4 is 0 Å². The van der Waals surface area contributed by atoms with E-state index >= 15 is 0 Å². The molecule has 3 aromatic rings. The first-order valence-electron chi connectivity index (χ1n) is 32.6. The van der Waals surface area contributed by atoms with Gasteiger partial charge in [-0.1, -0.05) is 247 Å². The molecule has 0 heteroatoms. The minimum Gasteiger partial charge on any atom is -0.0996 e. The first-order chi connectivity index (χ1) is 39.1. The Morgan fingerprint density at radius 2 is 0.438 bits per heavy atom. The minimum absolute atomic E-state index is 0.111. The van der Waals surface area contributed by atoms with Gasteiger partial charge < -0.3 is 0 Å². The highest BCUT2D eigenvalue weighted by molar-refractivity contribution is 5.72. The zero-order valence-corrected chi connectivity index (χ0v) is 67.8. The van der Waals surface area contributed by atoms with Gasteiger partial charge in [-0.2, -0.15) is 0 Å². The monoisotopic (exact) mass is 1220 g/mol. The van der Waals surface area contributed by atoms with E-state index in [9.17, 15) is 0 Å². The summed E-state index contributed by atoms with van der Waals surface area (Å²) in [6.07, 6.45) is 0. The molecular formula is C89H148. The second kappa shape index (κ2) is 36.1. The van der Waals surface area contributed by atoms with E-state index in [2.05, 4.69) is 329 Å². The molecule has 0 amide bonds. The van der Waals surface area contributed by atoms with Gasteiger partial charge in [0.15, 0.2) is 0 Å². The molecule has 3 aromatic carbocycles. The molecule has 0 radical (unpaired) electrons. The summed E-state index contributed by atoms with van der Waals surface area (Å²) in [6, 6.07) is 0. The highest BCUT2D eigenvalue weighted by atomic mass is 14.4. The van der Waals surface area contributed by atoms with Gasteiger partial charge in [0, 0.05) is 5.41 Å². The molecule has 0 saturated heterocycles. The van der Waals surface area contributed by atoms with Crippen molar-refractivity contribution in [1.82, 2.24) is 0 Å². The Kier molecular flexibility index (Phi) is 37.6. The van der Waals surface area contributed by atoms with Gasteiger partial charge in [0.1, 0.15) is 0 Å². The summed E-state index contributed by atoms with van der Waals surface area (Å²) in [5, 5.41) is 0. The van der Waals surface area contributed by atoms with Crippen molar-refractivity contribution in [3.8, 4) is 0 Å². The zero-order valence-electron chi connectivity index (χ0n) is 67.8. The molecule has 0 aromatic heterocycles. The lowest BCUT2D eigenvalue weighted by atomic mass is 9.66. The highest BCUT2D eigenvalue weighted by Crippen LogP contribution is 2.44. The van der Waals surface area contributed by atoms with Gasteiger partial charge in [-0.25, -0.2) is 0 Å². The largest absolute Gasteiger partial charge is 0.0996 e. The standard InChI is InChI=1S/C15H24.2C14H20.2C10H20.2C9H16.C8H12/c1-9-10(2)12(4)14(15(6,7)8)13(5)11(9)3;2*1-8(2)14-12(6)10(4)9(3)11(5)13(14)7;2*1-8(2)10(6,7)9(3,4)5;1-7(2)8(3)9(4,5)6;1-7(2)9(5,6)8(3)4;1-6(2)8(5)7(3)4/h1-8H3;2*1H2,2-7H3;2*1H2,2-7H3;2*1,3H2,2,4-6H3;1,3,5H2,2,4H3. The fraction of sp³-hybridized carbons (Fsp3) is 0.551. The summed E-state index contributed by atoms with van der Waals surface area (Å²) in [7, 11) is 0. The lowest BCUT2D eigenvalue weighted by Crippen LogP contribution is -2.30. The third-order valence-corrected chi connectivity index (χ3v) is 21.1. The molecule has 504 valence electrons. The van der Waals surface area contributed by atoms with Crippen molar-refractivity contribution in [3.63, 3.8) is 0 Å². The molecule has 89 heavy (non-hydrogen) atoms. The van der Waals surface area contributed by atoms with Crippen LogP contribution in [0.3, 0.4) is 0 Å². The molecule has 0 nitrogen and oxygen atoms in total. The van der Waals surface area contributed by atoms with Crippen LogP contribution in [0.4, 0.5) is 0 Å². The van der Waals surface area contributed by atoms with Gasteiger partial charge in [-0.15, -0.1) is 0 Å². The van der Waals surface area contributed by atoms with Gasteiger partial charge >= 0.3 is 0 Å². The maximum Gasteiger partial charge on any atom is 0.00531 e. The first kappa shape index (κ1) is 92.5. The van der Waals surface area contributed by atoms with Crippen molar-refractivity contribution in [1.29, 1.82) is 0 Å². The van der Waals surface area contributed by atoms with E-state index in [1.807, 2.05) is 34.6 Å². The molecule has 0 unspecified atom stereocenters. The average molecular weight is 1220 g/mol. The molecule has 0 fully saturated rings. The summed E-state index contributed by atoms with van der Waals surface area (Å²) in [6.45, 7) is 134. The molecule has 0 aliphatic heterocycles. The van der Waals surface area contributed by atoms with Crippen molar-refractivity contribution in [3.05, 3.63) is 223 Å². The number of rotatable bonds is 9. The van der Waals surface area contributed by atoms with Crippen molar-refractivity contribution in [2.75, 3.05) is 0 Å². The number of benzene rings is 3. The summed E-state index contributed by atoms with van der Waals surface area (Å²) in [5.74, 6) is 0. The predicted molar refractivity (Wildman–Crippen MR) is 420 cm³/mol. The van der Waals surface area contributed by atoms with Crippen molar-refractivity contribution >= 4 is 11.1 Å². The molecule has 0 atom stereocenters. The lowest BCUT2D eigenvalue weighted by molar-refractivity contribution is 0.178. The molecule has 0 aliphatic rings. The average Bonchev–Trinajstić information content (AvgIpc) is 3.44. The van der Waals surface area contributed by atoms with Crippen LogP contribution in [-0.4, -0.2) is 0 Å².